The Morgan fingerprint density at radius 3 is 2.89 bits per heavy atom. The Bertz CT molecular complexity index is 677. The second-order valence-electron chi connectivity index (χ2n) is 3.75. The second kappa shape index (κ2) is 5.14. The monoisotopic (exact) mass is 255 g/mol. The normalized spacial score (nSPS) is 9.68. The van der Waals surface area contributed by atoms with Crippen LogP contribution in [0.3, 0.4) is 0 Å². The Morgan fingerprint density at radius 2 is 2.21 bits per heavy atom. The summed E-state index contributed by atoms with van der Waals surface area (Å²) in [5.74, 6) is 0.791. The van der Waals surface area contributed by atoms with Gasteiger partial charge in [-0.3, -0.25) is 10.1 Å². The summed E-state index contributed by atoms with van der Waals surface area (Å²) in [4.78, 5) is 14.2. The first-order valence-corrected chi connectivity index (χ1v) is 5.40. The van der Waals surface area contributed by atoms with Crippen molar-refractivity contribution in [2.24, 2.45) is 0 Å². The van der Waals surface area contributed by atoms with Crippen molar-refractivity contribution < 1.29 is 9.66 Å². The van der Waals surface area contributed by atoms with E-state index >= 15 is 0 Å². The van der Waals surface area contributed by atoms with Crippen LogP contribution in [0.2, 0.25) is 0 Å². The Kier molecular flexibility index (Phi) is 3.39. The number of hydrogen-bond donors (Lipinski definition) is 0. The van der Waals surface area contributed by atoms with Crippen LogP contribution < -0.4 is 4.74 Å². The molecule has 0 aliphatic rings. The molecule has 0 fully saturated rings. The predicted octanol–water partition coefficient (Wildman–Crippen LogP) is 2.96. The molecule has 2 rings (SSSR count). The number of ether oxygens (including phenoxy) is 1. The minimum Gasteiger partial charge on any atom is -0.457 e. The summed E-state index contributed by atoms with van der Waals surface area (Å²) >= 11 is 0. The molecule has 94 valence electrons. The van der Waals surface area contributed by atoms with E-state index in [0.717, 1.165) is 0 Å². The van der Waals surface area contributed by atoms with Crippen molar-refractivity contribution in [3.8, 4) is 17.6 Å². The maximum atomic E-state index is 10.8. The van der Waals surface area contributed by atoms with E-state index in [-0.39, 0.29) is 11.4 Å². The predicted molar refractivity (Wildman–Crippen MR) is 66.9 cm³/mol. The van der Waals surface area contributed by atoms with Gasteiger partial charge in [0.25, 0.3) is 5.69 Å². The molecule has 0 aliphatic carbocycles. The van der Waals surface area contributed by atoms with Gasteiger partial charge in [0.1, 0.15) is 23.3 Å². The van der Waals surface area contributed by atoms with Crippen molar-refractivity contribution in [3.63, 3.8) is 0 Å². The Balaban J connectivity index is 2.36. The number of nitrogens with zero attached hydrogens (tertiary/aromatic N) is 3. The van der Waals surface area contributed by atoms with Gasteiger partial charge >= 0.3 is 0 Å². The van der Waals surface area contributed by atoms with Crippen molar-refractivity contribution in [3.05, 3.63) is 57.9 Å². The minimum atomic E-state index is -0.463. The Morgan fingerprint density at radius 1 is 1.42 bits per heavy atom. The molecule has 19 heavy (non-hydrogen) atoms. The summed E-state index contributed by atoms with van der Waals surface area (Å²) in [6.45, 7) is 1.61. The number of nitro groups is 1. The van der Waals surface area contributed by atoms with Crippen LogP contribution >= 0.6 is 0 Å². The fourth-order valence-corrected chi connectivity index (χ4v) is 1.57. The lowest BCUT2D eigenvalue weighted by Crippen LogP contribution is -1.95. The summed E-state index contributed by atoms with van der Waals surface area (Å²) in [6.07, 6.45) is 1.45. The third-order valence-corrected chi connectivity index (χ3v) is 2.53. The molecule has 6 heteroatoms. The highest BCUT2D eigenvalue weighted by Gasteiger charge is 2.14. The van der Waals surface area contributed by atoms with Gasteiger partial charge in [-0.1, -0.05) is 6.07 Å². The smallest absolute Gasteiger partial charge is 0.276 e. The summed E-state index contributed by atoms with van der Waals surface area (Å²) in [7, 11) is 0. The van der Waals surface area contributed by atoms with Gasteiger partial charge in [0.15, 0.2) is 0 Å². The first-order valence-electron chi connectivity index (χ1n) is 5.40. The number of nitriles is 1. The molecule has 0 amide bonds. The molecule has 0 aliphatic heterocycles. The van der Waals surface area contributed by atoms with E-state index in [2.05, 4.69) is 4.98 Å². The molecule has 1 aromatic carbocycles. The van der Waals surface area contributed by atoms with Gasteiger partial charge in [-0.15, -0.1) is 0 Å². The van der Waals surface area contributed by atoms with Crippen LogP contribution in [0.15, 0.2) is 36.5 Å². The molecule has 0 unspecified atom stereocenters. The van der Waals surface area contributed by atoms with E-state index in [0.29, 0.717) is 17.1 Å². The summed E-state index contributed by atoms with van der Waals surface area (Å²) in [5.41, 5.74) is 0.649. The third-order valence-electron chi connectivity index (χ3n) is 2.53. The summed E-state index contributed by atoms with van der Waals surface area (Å²) < 4.78 is 5.55. The Labute approximate surface area is 109 Å². The Hall–Kier alpha value is -2.94. The van der Waals surface area contributed by atoms with Crippen LogP contribution in [0.25, 0.3) is 0 Å². The lowest BCUT2D eigenvalue weighted by molar-refractivity contribution is -0.385. The van der Waals surface area contributed by atoms with E-state index in [1.807, 2.05) is 6.07 Å². The maximum absolute atomic E-state index is 10.8. The molecule has 0 N–H and O–H groups in total. The van der Waals surface area contributed by atoms with Gasteiger partial charge in [-0.25, -0.2) is 4.98 Å². The third kappa shape index (κ3) is 2.66. The topological polar surface area (TPSA) is 89.0 Å². The molecule has 0 atom stereocenters. The average molecular weight is 255 g/mol. The number of pyridine rings is 1. The first kappa shape index (κ1) is 12.5. The molecule has 2 aromatic rings. The van der Waals surface area contributed by atoms with Crippen LogP contribution in [-0.2, 0) is 0 Å². The van der Waals surface area contributed by atoms with Gasteiger partial charge in [0.05, 0.1) is 10.5 Å². The van der Waals surface area contributed by atoms with Crippen LogP contribution in [0, 0.1) is 28.4 Å². The second-order valence-corrected chi connectivity index (χ2v) is 3.75. The van der Waals surface area contributed by atoms with Gasteiger partial charge in [0, 0.05) is 18.3 Å². The number of aromatic nitrogens is 1. The molecule has 0 saturated heterocycles. The lowest BCUT2D eigenvalue weighted by atomic mass is 10.2. The zero-order valence-corrected chi connectivity index (χ0v) is 10.0. The zero-order chi connectivity index (χ0) is 13.8. The van der Waals surface area contributed by atoms with Crippen LogP contribution in [0.5, 0.6) is 11.5 Å². The average Bonchev–Trinajstić information content (AvgIpc) is 2.41. The zero-order valence-electron chi connectivity index (χ0n) is 10.0. The van der Waals surface area contributed by atoms with Crippen molar-refractivity contribution in [1.82, 2.24) is 4.98 Å². The number of nitro benzene ring substituents is 1. The first-order chi connectivity index (χ1) is 9.11. The van der Waals surface area contributed by atoms with E-state index in [4.69, 9.17) is 10.00 Å². The van der Waals surface area contributed by atoms with Crippen LogP contribution in [0.1, 0.15) is 11.3 Å². The fourth-order valence-electron chi connectivity index (χ4n) is 1.57. The van der Waals surface area contributed by atoms with Gasteiger partial charge in [0.2, 0.25) is 0 Å². The largest absolute Gasteiger partial charge is 0.457 e. The summed E-state index contributed by atoms with van der Waals surface area (Å²) in [5, 5.41) is 19.6. The highest BCUT2D eigenvalue weighted by Crippen LogP contribution is 2.30. The summed E-state index contributed by atoms with van der Waals surface area (Å²) in [6, 6.07) is 9.55. The van der Waals surface area contributed by atoms with Gasteiger partial charge < -0.3 is 4.74 Å². The SMILES string of the molecule is Cc1c(Oc2ccnc(C#N)c2)cccc1[N+](=O)[O-]. The number of hydrogen-bond acceptors (Lipinski definition) is 5. The molecule has 1 heterocycles. The molecule has 0 bridgehead atoms. The lowest BCUT2D eigenvalue weighted by Gasteiger charge is -2.08. The van der Waals surface area contributed by atoms with Crippen molar-refractivity contribution >= 4 is 5.69 Å². The molecular weight excluding hydrogens is 246 g/mol. The quantitative estimate of drug-likeness (QED) is 0.621. The van der Waals surface area contributed by atoms with Gasteiger partial charge in [-0.05, 0) is 19.1 Å². The maximum Gasteiger partial charge on any atom is 0.276 e. The van der Waals surface area contributed by atoms with Crippen molar-refractivity contribution in [2.75, 3.05) is 0 Å². The van der Waals surface area contributed by atoms with E-state index in [1.165, 1.54) is 18.3 Å². The minimum absolute atomic E-state index is 0.00735. The standard InChI is InChI=1S/C13H9N3O3/c1-9-12(16(17)18)3-2-4-13(9)19-11-5-6-15-10(7-11)8-14/h2-7H,1H3. The molecule has 6 nitrogen and oxygen atoms in total. The van der Waals surface area contributed by atoms with Crippen LogP contribution in [0.4, 0.5) is 5.69 Å². The van der Waals surface area contributed by atoms with E-state index in [1.54, 1.807) is 25.1 Å². The van der Waals surface area contributed by atoms with Gasteiger partial charge in [-0.2, -0.15) is 5.26 Å². The fraction of sp³-hybridized carbons (Fsp3) is 0.0769. The highest BCUT2D eigenvalue weighted by atomic mass is 16.6. The molecule has 0 spiro atoms. The van der Waals surface area contributed by atoms with Crippen molar-refractivity contribution in [1.29, 1.82) is 5.26 Å². The van der Waals surface area contributed by atoms with E-state index < -0.39 is 4.92 Å². The molecule has 0 radical (unpaired) electrons. The molecular formula is C13H9N3O3. The molecule has 1 aromatic heterocycles. The van der Waals surface area contributed by atoms with E-state index in [9.17, 15) is 10.1 Å². The number of benzene rings is 1. The highest BCUT2D eigenvalue weighted by molar-refractivity contribution is 5.50. The van der Waals surface area contributed by atoms with Crippen molar-refractivity contribution in [2.45, 2.75) is 6.92 Å². The number of rotatable bonds is 3. The molecule has 0 saturated carbocycles. The van der Waals surface area contributed by atoms with Crippen LogP contribution in [-0.4, -0.2) is 9.91 Å².